The van der Waals surface area contributed by atoms with E-state index in [1.54, 1.807) is 11.0 Å². The van der Waals surface area contributed by atoms with E-state index in [2.05, 4.69) is 15.4 Å². The van der Waals surface area contributed by atoms with Crippen LogP contribution in [0.2, 0.25) is 0 Å². The lowest BCUT2D eigenvalue weighted by atomic mass is 10.1. The van der Waals surface area contributed by atoms with Gasteiger partial charge in [-0.2, -0.15) is 5.10 Å². The summed E-state index contributed by atoms with van der Waals surface area (Å²) in [6.07, 6.45) is 7.82. The maximum Gasteiger partial charge on any atom is 0.251 e. The molecule has 3 rings (SSSR count). The van der Waals surface area contributed by atoms with Crippen molar-refractivity contribution in [1.82, 2.24) is 20.1 Å². The van der Waals surface area contributed by atoms with Gasteiger partial charge in [-0.15, -0.1) is 0 Å². The Morgan fingerprint density at radius 1 is 1.35 bits per heavy atom. The van der Waals surface area contributed by atoms with Crippen LogP contribution in [0.25, 0.3) is 0 Å². The predicted octanol–water partition coefficient (Wildman–Crippen LogP) is 2.00. The normalized spacial score (nSPS) is 15.4. The van der Waals surface area contributed by atoms with Crippen molar-refractivity contribution in [2.75, 3.05) is 0 Å². The molecule has 1 N–H and O–H groups in total. The van der Waals surface area contributed by atoms with Gasteiger partial charge in [0.15, 0.2) is 0 Å². The molecule has 0 atom stereocenters. The summed E-state index contributed by atoms with van der Waals surface area (Å²) in [4.78, 5) is 16.1. The number of amides is 1. The van der Waals surface area contributed by atoms with Crippen molar-refractivity contribution in [3.05, 3.63) is 48.0 Å². The van der Waals surface area contributed by atoms with Crippen LogP contribution in [0.15, 0.2) is 36.9 Å². The second-order valence-electron chi connectivity index (χ2n) is 5.25. The molecule has 1 heterocycles. The molecule has 104 valence electrons. The molecule has 1 fully saturated rings. The molecular weight excluding hydrogens is 252 g/mol. The van der Waals surface area contributed by atoms with Crippen LogP contribution in [0.4, 0.5) is 0 Å². The first-order valence-corrected chi connectivity index (χ1v) is 7.03. The van der Waals surface area contributed by atoms with Gasteiger partial charge in [-0.3, -0.25) is 4.79 Å². The maximum absolute atomic E-state index is 12.2. The first kappa shape index (κ1) is 12.8. The second kappa shape index (κ2) is 5.86. The molecule has 20 heavy (non-hydrogen) atoms. The first-order valence-electron chi connectivity index (χ1n) is 7.03. The zero-order chi connectivity index (χ0) is 13.8. The highest BCUT2D eigenvalue weighted by Gasteiger charge is 2.17. The van der Waals surface area contributed by atoms with Gasteiger partial charge in [-0.25, -0.2) is 9.67 Å². The van der Waals surface area contributed by atoms with Gasteiger partial charge >= 0.3 is 0 Å². The Morgan fingerprint density at radius 2 is 2.20 bits per heavy atom. The van der Waals surface area contributed by atoms with E-state index in [-0.39, 0.29) is 5.91 Å². The summed E-state index contributed by atoms with van der Waals surface area (Å²) >= 11 is 0. The van der Waals surface area contributed by atoms with Gasteiger partial charge in [0.1, 0.15) is 12.7 Å². The minimum atomic E-state index is 0.0253. The maximum atomic E-state index is 12.2. The Hall–Kier alpha value is -2.17. The van der Waals surface area contributed by atoms with Gasteiger partial charge in [-0.05, 0) is 30.5 Å². The van der Waals surface area contributed by atoms with E-state index in [0.29, 0.717) is 12.6 Å². The number of nitrogens with one attached hydrogen (secondary N) is 1. The van der Waals surface area contributed by atoms with Gasteiger partial charge in [0, 0.05) is 11.6 Å². The molecule has 0 bridgehead atoms. The van der Waals surface area contributed by atoms with Crippen LogP contribution in [0.1, 0.15) is 41.6 Å². The van der Waals surface area contributed by atoms with Crippen LogP contribution < -0.4 is 5.32 Å². The lowest BCUT2D eigenvalue weighted by molar-refractivity contribution is 0.0938. The Bertz CT molecular complexity index is 573. The third-order valence-corrected chi connectivity index (χ3v) is 3.69. The third-order valence-electron chi connectivity index (χ3n) is 3.69. The van der Waals surface area contributed by atoms with Gasteiger partial charge in [0.2, 0.25) is 0 Å². The van der Waals surface area contributed by atoms with E-state index in [4.69, 9.17) is 0 Å². The van der Waals surface area contributed by atoms with Crippen molar-refractivity contribution in [1.29, 1.82) is 0 Å². The Balaban J connectivity index is 1.68. The van der Waals surface area contributed by atoms with E-state index in [0.717, 1.165) is 24.0 Å². The summed E-state index contributed by atoms with van der Waals surface area (Å²) < 4.78 is 1.74. The second-order valence-corrected chi connectivity index (χ2v) is 5.25. The smallest absolute Gasteiger partial charge is 0.251 e. The molecule has 5 nitrogen and oxygen atoms in total. The molecule has 0 radical (unpaired) electrons. The fraction of sp³-hybridized carbons (Fsp3) is 0.400. The van der Waals surface area contributed by atoms with Gasteiger partial charge < -0.3 is 5.32 Å². The van der Waals surface area contributed by atoms with Crippen molar-refractivity contribution in [2.24, 2.45) is 0 Å². The van der Waals surface area contributed by atoms with Crippen molar-refractivity contribution in [3.63, 3.8) is 0 Å². The minimum absolute atomic E-state index is 0.0253. The third kappa shape index (κ3) is 3.04. The molecule has 5 heteroatoms. The quantitative estimate of drug-likeness (QED) is 0.924. The molecule has 1 saturated carbocycles. The summed E-state index contributed by atoms with van der Waals surface area (Å²) in [7, 11) is 0. The zero-order valence-electron chi connectivity index (χ0n) is 11.3. The van der Waals surface area contributed by atoms with Crippen molar-refractivity contribution < 1.29 is 4.79 Å². The highest BCUT2D eigenvalue weighted by molar-refractivity contribution is 5.94. The molecule has 0 aliphatic heterocycles. The molecule has 0 unspecified atom stereocenters. The molecule has 0 spiro atoms. The Labute approximate surface area is 118 Å². The van der Waals surface area contributed by atoms with Gasteiger partial charge in [-0.1, -0.05) is 25.0 Å². The summed E-state index contributed by atoms with van der Waals surface area (Å²) in [6, 6.07) is 8.03. The van der Waals surface area contributed by atoms with Crippen molar-refractivity contribution in [2.45, 2.75) is 38.3 Å². The van der Waals surface area contributed by atoms with Crippen LogP contribution in [-0.4, -0.2) is 26.7 Å². The number of nitrogens with zero attached hydrogens (tertiary/aromatic N) is 3. The molecule has 1 aromatic carbocycles. The molecule has 1 aliphatic rings. The van der Waals surface area contributed by atoms with E-state index < -0.39 is 0 Å². The largest absolute Gasteiger partial charge is 0.349 e. The number of benzene rings is 1. The zero-order valence-corrected chi connectivity index (χ0v) is 11.3. The minimum Gasteiger partial charge on any atom is -0.349 e. The number of carbonyl (C=O) groups excluding carboxylic acids is 1. The van der Waals surface area contributed by atoms with Crippen LogP contribution in [0.5, 0.6) is 0 Å². The van der Waals surface area contributed by atoms with Crippen molar-refractivity contribution >= 4 is 5.91 Å². The Morgan fingerprint density at radius 3 is 2.95 bits per heavy atom. The molecule has 2 aromatic rings. The van der Waals surface area contributed by atoms with E-state index in [1.807, 2.05) is 24.3 Å². The highest BCUT2D eigenvalue weighted by atomic mass is 16.1. The van der Waals surface area contributed by atoms with Crippen LogP contribution in [0.3, 0.4) is 0 Å². The van der Waals surface area contributed by atoms with E-state index in [9.17, 15) is 4.79 Å². The molecular formula is C15H18N4O. The summed E-state index contributed by atoms with van der Waals surface area (Å²) in [5.74, 6) is 0.0253. The average molecular weight is 270 g/mol. The van der Waals surface area contributed by atoms with Crippen molar-refractivity contribution in [3.8, 4) is 0 Å². The number of rotatable bonds is 4. The first-order chi connectivity index (χ1) is 9.81. The fourth-order valence-corrected chi connectivity index (χ4v) is 2.65. The summed E-state index contributed by atoms with van der Waals surface area (Å²) in [5, 5.41) is 7.18. The van der Waals surface area contributed by atoms with Gasteiger partial charge in [0.05, 0.1) is 6.54 Å². The van der Waals surface area contributed by atoms with E-state index in [1.165, 1.54) is 19.2 Å². The topological polar surface area (TPSA) is 59.8 Å². The number of carbonyl (C=O) groups is 1. The van der Waals surface area contributed by atoms with Crippen LogP contribution >= 0.6 is 0 Å². The molecule has 1 amide bonds. The van der Waals surface area contributed by atoms with Gasteiger partial charge in [0.25, 0.3) is 5.91 Å². The molecule has 0 saturated heterocycles. The summed E-state index contributed by atoms with van der Waals surface area (Å²) in [6.45, 7) is 0.630. The Kier molecular flexibility index (Phi) is 3.76. The lowest BCUT2D eigenvalue weighted by Gasteiger charge is -2.12. The average Bonchev–Trinajstić information content (AvgIpc) is 3.12. The standard InChI is InChI=1S/C15H18N4O/c20-15(18-14-6-1-2-7-14)13-5-3-4-12(8-13)9-19-11-16-10-17-19/h3-5,8,10-11,14H,1-2,6-7,9H2,(H,18,20). The number of hydrogen-bond acceptors (Lipinski definition) is 3. The summed E-state index contributed by atoms with van der Waals surface area (Å²) in [5.41, 5.74) is 1.77. The van der Waals surface area contributed by atoms with Crippen LogP contribution in [-0.2, 0) is 6.54 Å². The predicted molar refractivity (Wildman–Crippen MR) is 75.3 cm³/mol. The SMILES string of the molecule is O=C(NC1CCCC1)c1cccc(Cn2cncn2)c1. The number of hydrogen-bond donors (Lipinski definition) is 1. The monoisotopic (exact) mass is 270 g/mol. The van der Waals surface area contributed by atoms with E-state index >= 15 is 0 Å². The highest BCUT2D eigenvalue weighted by Crippen LogP contribution is 2.18. The molecule has 1 aromatic heterocycles. The van der Waals surface area contributed by atoms with Crippen LogP contribution in [0, 0.1) is 0 Å². The fourth-order valence-electron chi connectivity index (χ4n) is 2.65. The number of aromatic nitrogens is 3. The lowest BCUT2D eigenvalue weighted by Crippen LogP contribution is -2.32. The molecule has 1 aliphatic carbocycles.